The molecule has 1 aliphatic carbocycles. The van der Waals surface area contributed by atoms with Crippen LogP contribution in [0.15, 0.2) is 18.3 Å². The normalized spacial score (nSPS) is 15.0. The van der Waals surface area contributed by atoms with Gasteiger partial charge in [0.25, 0.3) is 11.7 Å². The van der Waals surface area contributed by atoms with Gasteiger partial charge in [-0.05, 0) is 51.7 Å². The molecule has 1 N–H and O–H groups in total. The first-order valence-electron chi connectivity index (χ1n) is 7.11. The second-order valence-corrected chi connectivity index (χ2v) is 6.24. The first-order valence-corrected chi connectivity index (χ1v) is 7.11. The second kappa shape index (κ2) is 4.59. The Hall–Kier alpha value is -2.35. The van der Waals surface area contributed by atoms with Crippen LogP contribution in [-0.4, -0.2) is 20.8 Å². The van der Waals surface area contributed by atoms with Gasteiger partial charge in [-0.1, -0.05) is 11.6 Å². The maximum atomic E-state index is 12.6. The van der Waals surface area contributed by atoms with E-state index in [2.05, 4.69) is 29.0 Å². The van der Waals surface area contributed by atoms with Crippen LogP contribution in [-0.2, 0) is 0 Å². The highest BCUT2D eigenvalue weighted by molar-refractivity contribution is 6.00. The first-order chi connectivity index (χ1) is 9.92. The van der Waals surface area contributed by atoms with Crippen molar-refractivity contribution in [3.8, 4) is 0 Å². The molecule has 0 aliphatic heterocycles. The molecule has 0 atom stereocenters. The molecule has 1 aliphatic rings. The smallest absolute Gasteiger partial charge is 0.288 e. The summed E-state index contributed by atoms with van der Waals surface area (Å²) in [4.78, 5) is 20.2. The summed E-state index contributed by atoms with van der Waals surface area (Å²) in [5.74, 6) is 0.736. The van der Waals surface area contributed by atoms with Crippen LogP contribution in [0.1, 0.15) is 42.7 Å². The van der Waals surface area contributed by atoms with E-state index in [4.69, 9.17) is 6.57 Å². The minimum atomic E-state index is -0.200. The summed E-state index contributed by atoms with van der Waals surface area (Å²) >= 11 is 0. The Bertz CT molecular complexity index is 762. The minimum Gasteiger partial charge on any atom is -0.359 e. The Balaban J connectivity index is 2.00. The lowest BCUT2D eigenvalue weighted by Gasteiger charge is -2.26. The number of hydrogen-bond acceptors (Lipinski definition) is 2. The fourth-order valence-corrected chi connectivity index (χ4v) is 2.68. The van der Waals surface area contributed by atoms with Crippen LogP contribution in [0.4, 0.5) is 5.82 Å². The van der Waals surface area contributed by atoms with Gasteiger partial charge in [-0.3, -0.25) is 9.20 Å². The quantitative estimate of drug-likeness (QED) is 0.879. The number of amides is 1. The summed E-state index contributed by atoms with van der Waals surface area (Å²) < 4.78 is 1.80. The molecule has 21 heavy (non-hydrogen) atoms. The second-order valence-electron chi connectivity index (χ2n) is 6.24. The fraction of sp³-hybridized carbons (Fsp3) is 0.438. The van der Waals surface area contributed by atoms with E-state index in [0.29, 0.717) is 22.9 Å². The number of aromatic nitrogens is 2. The molecule has 2 aromatic rings. The summed E-state index contributed by atoms with van der Waals surface area (Å²) in [6.07, 6.45) is 4.00. The van der Waals surface area contributed by atoms with Crippen LogP contribution in [0.3, 0.4) is 0 Å². The maximum Gasteiger partial charge on any atom is 0.288 e. The summed E-state index contributed by atoms with van der Waals surface area (Å²) in [5.41, 5.74) is 1.81. The third-order valence-electron chi connectivity index (χ3n) is 4.20. The molecule has 5 nitrogen and oxygen atoms in total. The molecule has 0 saturated heterocycles. The molecule has 1 amide bonds. The van der Waals surface area contributed by atoms with Gasteiger partial charge in [0.05, 0.1) is 0 Å². The van der Waals surface area contributed by atoms with Crippen molar-refractivity contribution in [3.63, 3.8) is 0 Å². The number of carbonyl (C=O) groups is 1. The highest BCUT2D eigenvalue weighted by atomic mass is 16.1. The van der Waals surface area contributed by atoms with Crippen molar-refractivity contribution < 1.29 is 4.79 Å². The molecule has 5 heteroatoms. The molecule has 0 unspecified atom stereocenters. The standard InChI is InChI=1S/C16H18N4O/c1-10-5-8-12(14-18-13(17-4)9-20(10)14)15(21)19-16(2,3)11-6-7-11/h5,8-9,11H,6-7H2,1-3H3,(H,19,21). The van der Waals surface area contributed by atoms with E-state index in [9.17, 15) is 4.79 Å². The van der Waals surface area contributed by atoms with E-state index in [1.165, 1.54) is 12.8 Å². The lowest BCUT2D eigenvalue weighted by molar-refractivity contribution is 0.0904. The van der Waals surface area contributed by atoms with E-state index in [1.807, 2.05) is 13.0 Å². The van der Waals surface area contributed by atoms with Crippen LogP contribution in [0.25, 0.3) is 10.5 Å². The Morgan fingerprint density at radius 2 is 2.19 bits per heavy atom. The zero-order valence-corrected chi connectivity index (χ0v) is 12.5. The van der Waals surface area contributed by atoms with E-state index < -0.39 is 0 Å². The van der Waals surface area contributed by atoms with Crippen molar-refractivity contribution >= 4 is 17.4 Å². The molecular weight excluding hydrogens is 264 g/mol. The van der Waals surface area contributed by atoms with Crippen LogP contribution in [0.5, 0.6) is 0 Å². The van der Waals surface area contributed by atoms with Crippen molar-refractivity contribution in [1.82, 2.24) is 14.7 Å². The predicted octanol–water partition coefficient (Wildman–Crippen LogP) is 3.11. The predicted molar refractivity (Wildman–Crippen MR) is 80.5 cm³/mol. The van der Waals surface area contributed by atoms with Gasteiger partial charge in [0, 0.05) is 17.4 Å². The SMILES string of the molecule is [C-]#[N+]c1cn2c(C)ccc(C(=O)NC(C)(C)C3CC3)c2n1. The molecule has 0 spiro atoms. The van der Waals surface area contributed by atoms with Crippen molar-refractivity contribution in [3.05, 3.63) is 41.0 Å². The average Bonchev–Trinajstić information content (AvgIpc) is 3.19. The molecule has 2 aromatic heterocycles. The largest absolute Gasteiger partial charge is 0.359 e. The van der Waals surface area contributed by atoms with Gasteiger partial charge in [0.15, 0.2) is 0 Å². The Kier molecular flexibility index (Phi) is 2.98. The molecule has 1 fully saturated rings. The monoisotopic (exact) mass is 282 g/mol. The van der Waals surface area contributed by atoms with Crippen molar-refractivity contribution in [2.45, 2.75) is 39.2 Å². The average molecular weight is 282 g/mol. The number of imidazole rings is 1. The van der Waals surface area contributed by atoms with E-state index in [-0.39, 0.29) is 11.4 Å². The summed E-state index contributed by atoms with van der Waals surface area (Å²) in [6, 6.07) is 3.66. The third-order valence-corrected chi connectivity index (χ3v) is 4.20. The number of nitrogens with one attached hydrogen (secondary N) is 1. The van der Waals surface area contributed by atoms with Crippen molar-refractivity contribution in [1.29, 1.82) is 0 Å². The highest BCUT2D eigenvalue weighted by Crippen LogP contribution is 2.39. The number of pyridine rings is 1. The number of aryl methyl sites for hydroxylation is 1. The molecule has 1 saturated carbocycles. The van der Waals surface area contributed by atoms with Gasteiger partial charge in [-0.15, -0.1) is 0 Å². The van der Waals surface area contributed by atoms with Crippen LogP contribution >= 0.6 is 0 Å². The number of rotatable bonds is 3. The zero-order valence-electron chi connectivity index (χ0n) is 12.5. The van der Waals surface area contributed by atoms with Gasteiger partial charge < -0.3 is 10.2 Å². The molecule has 0 aromatic carbocycles. The van der Waals surface area contributed by atoms with Crippen LogP contribution < -0.4 is 5.32 Å². The number of hydrogen-bond donors (Lipinski definition) is 1. The lowest BCUT2D eigenvalue weighted by Crippen LogP contribution is -2.45. The van der Waals surface area contributed by atoms with E-state index in [0.717, 1.165) is 5.69 Å². The topological polar surface area (TPSA) is 50.8 Å². The summed E-state index contributed by atoms with van der Waals surface area (Å²) in [7, 11) is 0. The maximum absolute atomic E-state index is 12.6. The van der Waals surface area contributed by atoms with E-state index in [1.54, 1.807) is 16.7 Å². The third kappa shape index (κ3) is 2.38. The molecule has 3 rings (SSSR count). The Morgan fingerprint density at radius 3 is 2.81 bits per heavy atom. The molecular formula is C16H18N4O. The van der Waals surface area contributed by atoms with Gasteiger partial charge in [0.1, 0.15) is 5.56 Å². The Labute approximate surface area is 123 Å². The summed E-state index contributed by atoms with van der Waals surface area (Å²) in [5, 5.41) is 3.10. The molecule has 108 valence electrons. The van der Waals surface area contributed by atoms with Gasteiger partial charge in [-0.2, -0.15) is 0 Å². The summed E-state index contributed by atoms with van der Waals surface area (Å²) in [6.45, 7) is 13.1. The van der Waals surface area contributed by atoms with E-state index >= 15 is 0 Å². The van der Waals surface area contributed by atoms with Crippen molar-refractivity contribution in [2.75, 3.05) is 0 Å². The first kappa shape index (κ1) is 13.6. The van der Waals surface area contributed by atoms with Gasteiger partial charge >= 0.3 is 0 Å². The van der Waals surface area contributed by atoms with Gasteiger partial charge in [-0.25, -0.2) is 0 Å². The molecule has 0 radical (unpaired) electrons. The van der Waals surface area contributed by atoms with Crippen LogP contribution in [0.2, 0.25) is 0 Å². The minimum absolute atomic E-state index is 0.126. The van der Waals surface area contributed by atoms with Gasteiger partial charge in [0.2, 0.25) is 5.65 Å². The van der Waals surface area contributed by atoms with Crippen molar-refractivity contribution in [2.24, 2.45) is 5.92 Å². The fourth-order valence-electron chi connectivity index (χ4n) is 2.68. The number of carbonyl (C=O) groups excluding carboxylic acids is 1. The molecule has 0 bridgehead atoms. The number of fused-ring (bicyclic) bond motifs is 1. The molecule has 2 heterocycles. The van der Waals surface area contributed by atoms with Crippen LogP contribution in [0, 0.1) is 19.4 Å². The lowest BCUT2D eigenvalue weighted by atomic mass is 9.98. The number of nitrogens with zero attached hydrogens (tertiary/aromatic N) is 3. The Morgan fingerprint density at radius 1 is 1.48 bits per heavy atom. The zero-order chi connectivity index (χ0) is 15.2. The highest BCUT2D eigenvalue weighted by Gasteiger charge is 2.39.